The molecule has 0 aliphatic carbocycles. The average Bonchev–Trinajstić information content (AvgIpc) is 3.30. The zero-order valence-electron chi connectivity index (χ0n) is 18.6. The van der Waals surface area contributed by atoms with Gasteiger partial charge in [-0.05, 0) is 61.2 Å². The van der Waals surface area contributed by atoms with Gasteiger partial charge < -0.3 is 10.1 Å². The van der Waals surface area contributed by atoms with E-state index in [4.69, 9.17) is 9.72 Å². The first-order valence-corrected chi connectivity index (χ1v) is 11.8. The fourth-order valence-corrected chi connectivity index (χ4v) is 4.16. The van der Waals surface area contributed by atoms with E-state index in [1.54, 1.807) is 7.11 Å². The molecule has 0 aliphatic rings. The Labute approximate surface area is 189 Å². The van der Waals surface area contributed by atoms with Gasteiger partial charge in [-0.25, -0.2) is 4.98 Å². The Bertz CT molecular complexity index is 952. The molecule has 3 aromatic rings. The number of carbonyl (C=O) groups is 1. The summed E-state index contributed by atoms with van der Waals surface area (Å²) in [6.45, 7) is 5.88. The second-order valence-electron chi connectivity index (χ2n) is 7.41. The van der Waals surface area contributed by atoms with Crippen LogP contribution in [0, 0.1) is 0 Å². The van der Waals surface area contributed by atoms with Gasteiger partial charge in [0.25, 0.3) is 0 Å². The summed E-state index contributed by atoms with van der Waals surface area (Å²) < 4.78 is 5.22. The van der Waals surface area contributed by atoms with Crippen molar-refractivity contribution >= 4 is 28.1 Å². The number of hydrogen-bond donors (Lipinski definition) is 1. The van der Waals surface area contributed by atoms with Crippen LogP contribution in [-0.2, 0) is 11.2 Å². The van der Waals surface area contributed by atoms with Gasteiger partial charge in [0.05, 0.1) is 12.8 Å². The number of nitrogens with zero attached hydrogens (tertiary/aromatic N) is 2. The third-order valence-electron chi connectivity index (χ3n) is 5.02. The minimum atomic E-state index is 0.116. The molecule has 1 N–H and O–H groups in total. The topological polar surface area (TPSA) is 54.5 Å². The number of aryl methyl sites for hydroxylation is 1. The fourth-order valence-electron chi connectivity index (χ4n) is 3.28. The van der Waals surface area contributed by atoms with Gasteiger partial charge in [-0.3, -0.25) is 9.69 Å². The molecule has 1 heterocycles. The Morgan fingerprint density at radius 2 is 1.81 bits per heavy atom. The highest BCUT2D eigenvalue weighted by molar-refractivity contribution is 7.14. The second-order valence-corrected chi connectivity index (χ2v) is 8.25. The normalized spacial score (nSPS) is 10.7. The standard InChI is InChI=1S/C25H31N3O2S/c1-4-16-26-21-11-6-19(7-12-21)8-15-24(29)28(17-5-2)25-27-23(18-31-25)20-9-13-22(30-3)14-10-20/h6-7,9-14,18,26H,4-5,8,15-17H2,1-3H3. The summed E-state index contributed by atoms with van der Waals surface area (Å²) in [6, 6.07) is 16.2. The van der Waals surface area contributed by atoms with Crippen molar-refractivity contribution in [2.45, 2.75) is 39.5 Å². The molecule has 0 aliphatic heterocycles. The molecular formula is C25H31N3O2S. The number of nitrogens with one attached hydrogen (secondary N) is 1. The zero-order valence-corrected chi connectivity index (χ0v) is 19.4. The number of hydrogen-bond acceptors (Lipinski definition) is 5. The number of methoxy groups -OCH3 is 1. The van der Waals surface area contributed by atoms with Crippen LogP contribution in [0.1, 0.15) is 38.7 Å². The van der Waals surface area contributed by atoms with Crippen molar-refractivity contribution in [3.63, 3.8) is 0 Å². The molecule has 2 aromatic carbocycles. The zero-order chi connectivity index (χ0) is 22.1. The van der Waals surface area contributed by atoms with Crippen molar-refractivity contribution in [1.29, 1.82) is 0 Å². The van der Waals surface area contributed by atoms with Crippen LogP contribution in [0.2, 0.25) is 0 Å². The van der Waals surface area contributed by atoms with Crippen LogP contribution in [-0.4, -0.2) is 31.1 Å². The molecule has 0 unspecified atom stereocenters. The summed E-state index contributed by atoms with van der Waals surface area (Å²) in [5.41, 5.74) is 4.19. The molecule has 1 amide bonds. The predicted molar refractivity (Wildman–Crippen MR) is 130 cm³/mol. The Hall–Kier alpha value is -2.86. The van der Waals surface area contributed by atoms with Crippen LogP contribution in [0.15, 0.2) is 53.9 Å². The monoisotopic (exact) mass is 437 g/mol. The molecule has 31 heavy (non-hydrogen) atoms. The van der Waals surface area contributed by atoms with Crippen molar-refractivity contribution in [3.05, 3.63) is 59.5 Å². The van der Waals surface area contributed by atoms with Gasteiger partial charge in [0, 0.05) is 36.1 Å². The van der Waals surface area contributed by atoms with E-state index in [2.05, 4.69) is 43.4 Å². The van der Waals surface area contributed by atoms with E-state index >= 15 is 0 Å². The number of ether oxygens (including phenoxy) is 1. The lowest BCUT2D eigenvalue weighted by Crippen LogP contribution is -2.31. The highest BCUT2D eigenvalue weighted by Gasteiger charge is 2.18. The van der Waals surface area contributed by atoms with Crippen molar-refractivity contribution in [2.24, 2.45) is 0 Å². The summed E-state index contributed by atoms with van der Waals surface area (Å²) >= 11 is 1.52. The SMILES string of the molecule is CCCNc1ccc(CCC(=O)N(CCC)c2nc(-c3ccc(OC)cc3)cs2)cc1. The number of amides is 1. The van der Waals surface area contributed by atoms with Gasteiger partial charge in [0.1, 0.15) is 5.75 Å². The van der Waals surface area contributed by atoms with Gasteiger partial charge in [-0.15, -0.1) is 11.3 Å². The van der Waals surface area contributed by atoms with Crippen molar-refractivity contribution in [3.8, 4) is 17.0 Å². The second kappa shape index (κ2) is 11.5. The molecule has 5 nitrogen and oxygen atoms in total. The minimum absolute atomic E-state index is 0.116. The molecule has 0 saturated heterocycles. The van der Waals surface area contributed by atoms with E-state index in [0.717, 1.165) is 53.6 Å². The summed E-state index contributed by atoms with van der Waals surface area (Å²) in [7, 11) is 1.65. The maximum atomic E-state index is 13.0. The number of anilines is 2. The van der Waals surface area contributed by atoms with Crippen molar-refractivity contribution in [1.82, 2.24) is 4.98 Å². The Morgan fingerprint density at radius 1 is 1.06 bits per heavy atom. The van der Waals surface area contributed by atoms with Crippen LogP contribution in [0.5, 0.6) is 5.75 Å². The van der Waals surface area contributed by atoms with Crippen LogP contribution in [0.3, 0.4) is 0 Å². The number of benzene rings is 2. The summed E-state index contributed by atoms with van der Waals surface area (Å²) in [4.78, 5) is 19.6. The van der Waals surface area contributed by atoms with Gasteiger partial charge in [-0.1, -0.05) is 26.0 Å². The Morgan fingerprint density at radius 3 is 2.45 bits per heavy atom. The number of carbonyl (C=O) groups excluding carboxylic acids is 1. The van der Waals surface area contributed by atoms with E-state index in [1.807, 2.05) is 34.5 Å². The van der Waals surface area contributed by atoms with Gasteiger partial charge in [-0.2, -0.15) is 0 Å². The number of thiazole rings is 1. The Kier molecular flexibility index (Phi) is 8.47. The summed E-state index contributed by atoms with van der Waals surface area (Å²) in [5.74, 6) is 0.932. The third kappa shape index (κ3) is 6.31. The molecular weight excluding hydrogens is 406 g/mol. The average molecular weight is 438 g/mol. The molecule has 6 heteroatoms. The lowest BCUT2D eigenvalue weighted by Gasteiger charge is -2.19. The first-order chi connectivity index (χ1) is 15.1. The maximum Gasteiger partial charge on any atom is 0.229 e. The lowest BCUT2D eigenvalue weighted by molar-refractivity contribution is -0.118. The first kappa shape index (κ1) is 22.8. The highest BCUT2D eigenvalue weighted by atomic mass is 32.1. The third-order valence-corrected chi connectivity index (χ3v) is 5.88. The van der Waals surface area contributed by atoms with Crippen molar-refractivity contribution in [2.75, 3.05) is 30.4 Å². The highest BCUT2D eigenvalue weighted by Crippen LogP contribution is 2.29. The largest absolute Gasteiger partial charge is 0.497 e. The van der Waals surface area contributed by atoms with E-state index in [9.17, 15) is 4.79 Å². The number of aromatic nitrogens is 1. The van der Waals surface area contributed by atoms with E-state index < -0.39 is 0 Å². The number of rotatable bonds is 11. The van der Waals surface area contributed by atoms with Gasteiger partial charge >= 0.3 is 0 Å². The van der Waals surface area contributed by atoms with E-state index in [1.165, 1.54) is 16.9 Å². The molecule has 0 spiro atoms. The van der Waals surface area contributed by atoms with Crippen LogP contribution in [0.25, 0.3) is 11.3 Å². The smallest absolute Gasteiger partial charge is 0.229 e. The Balaban J connectivity index is 1.64. The molecule has 3 rings (SSSR count). The van der Waals surface area contributed by atoms with Crippen molar-refractivity contribution < 1.29 is 9.53 Å². The van der Waals surface area contributed by atoms with E-state index in [0.29, 0.717) is 13.0 Å². The molecule has 164 valence electrons. The van der Waals surface area contributed by atoms with Gasteiger partial charge in [0.15, 0.2) is 5.13 Å². The van der Waals surface area contributed by atoms with Crippen LogP contribution < -0.4 is 15.0 Å². The molecule has 0 bridgehead atoms. The molecule has 1 aromatic heterocycles. The fraction of sp³-hybridized carbons (Fsp3) is 0.360. The molecule has 0 radical (unpaired) electrons. The van der Waals surface area contributed by atoms with Crippen LogP contribution in [0.4, 0.5) is 10.8 Å². The lowest BCUT2D eigenvalue weighted by atomic mass is 10.1. The molecule has 0 atom stereocenters. The predicted octanol–water partition coefficient (Wildman–Crippen LogP) is 6.02. The summed E-state index contributed by atoms with van der Waals surface area (Å²) in [6.07, 6.45) is 3.18. The molecule has 0 saturated carbocycles. The first-order valence-electron chi connectivity index (χ1n) is 10.9. The van der Waals surface area contributed by atoms with Crippen LogP contribution >= 0.6 is 11.3 Å². The van der Waals surface area contributed by atoms with Gasteiger partial charge in [0.2, 0.25) is 5.91 Å². The summed E-state index contributed by atoms with van der Waals surface area (Å²) in [5, 5.41) is 6.15. The maximum absolute atomic E-state index is 13.0. The minimum Gasteiger partial charge on any atom is -0.497 e. The quantitative estimate of drug-likeness (QED) is 0.399. The van der Waals surface area contributed by atoms with E-state index in [-0.39, 0.29) is 5.91 Å². The molecule has 0 fully saturated rings.